The Morgan fingerprint density at radius 2 is 1.91 bits per heavy atom. The molecule has 2 unspecified atom stereocenters. The lowest BCUT2D eigenvalue weighted by molar-refractivity contribution is -0.0707. The van der Waals surface area contributed by atoms with E-state index in [0.717, 1.165) is 36.1 Å². The SMILES string of the molecule is Cc1ccc(OCc2nc(CN3CC(C)OC(C)C3)cs2)cc1. The highest BCUT2D eigenvalue weighted by atomic mass is 32.1. The van der Waals surface area contributed by atoms with Crippen LogP contribution in [-0.4, -0.2) is 35.2 Å². The van der Waals surface area contributed by atoms with Crippen LogP contribution in [-0.2, 0) is 17.9 Å². The van der Waals surface area contributed by atoms with E-state index in [1.807, 2.05) is 12.1 Å². The Bertz CT molecular complexity index is 616. The summed E-state index contributed by atoms with van der Waals surface area (Å²) >= 11 is 1.67. The number of hydrogen-bond acceptors (Lipinski definition) is 5. The van der Waals surface area contributed by atoms with Gasteiger partial charge < -0.3 is 9.47 Å². The molecule has 2 aromatic rings. The first-order chi connectivity index (χ1) is 11.1. The van der Waals surface area contributed by atoms with Crippen LogP contribution in [0.25, 0.3) is 0 Å². The second kappa shape index (κ2) is 7.43. The largest absolute Gasteiger partial charge is 0.486 e. The van der Waals surface area contributed by atoms with E-state index in [1.165, 1.54) is 5.56 Å². The van der Waals surface area contributed by atoms with Crippen LogP contribution in [0.15, 0.2) is 29.6 Å². The summed E-state index contributed by atoms with van der Waals surface area (Å²) < 4.78 is 11.6. The van der Waals surface area contributed by atoms with Crippen LogP contribution in [0.2, 0.25) is 0 Å². The highest BCUT2D eigenvalue weighted by molar-refractivity contribution is 7.09. The molecule has 0 radical (unpaired) electrons. The molecule has 0 spiro atoms. The topological polar surface area (TPSA) is 34.6 Å². The molecule has 1 aliphatic heterocycles. The van der Waals surface area contributed by atoms with E-state index in [1.54, 1.807) is 11.3 Å². The maximum absolute atomic E-state index is 5.80. The smallest absolute Gasteiger partial charge is 0.140 e. The van der Waals surface area contributed by atoms with Gasteiger partial charge in [-0.05, 0) is 32.9 Å². The fraction of sp³-hybridized carbons (Fsp3) is 0.500. The van der Waals surface area contributed by atoms with E-state index in [9.17, 15) is 0 Å². The summed E-state index contributed by atoms with van der Waals surface area (Å²) in [4.78, 5) is 7.11. The van der Waals surface area contributed by atoms with E-state index in [2.05, 4.69) is 43.2 Å². The maximum atomic E-state index is 5.80. The zero-order valence-corrected chi connectivity index (χ0v) is 14.8. The Kier molecular flexibility index (Phi) is 5.30. The van der Waals surface area contributed by atoms with Crippen molar-refractivity contribution in [2.24, 2.45) is 0 Å². The van der Waals surface area contributed by atoms with Gasteiger partial charge in [0.25, 0.3) is 0 Å². The Morgan fingerprint density at radius 1 is 1.22 bits per heavy atom. The van der Waals surface area contributed by atoms with Gasteiger partial charge in [-0.3, -0.25) is 4.90 Å². The molecule has 0 N–H and O–H groups in total. The molecule has 1 aromatic carbocycles. The van der Waals surface area contributed by atoms with Gasteiger partial charge in [0.1, 0.15) is 17.4 Å². The highest BCUT2D eigenvalue weighted by Crippen LogP contribution is 2.18. The lowest BCUT2D eigenvalue weighted by Crippen LogP contribution is -2.44. The van der Waals surface area contributed by atoms with Gasteiger partial charge >= 0.3 is 0 Å². The molecule has 3 rings (SSSR count). The third-order valence-corrected chi connectivity index (χ3v) is 4.73. The Balaban J connectivity index is 1.52. The summed E-state index contributed by atoms with van der Waals surface area (Å²) in [5.41, 5.74) is 2.36. The summed E-state index contributed by atoms with van der Waals surface area (Å²) in [6.07, 6.45) is 0.587. The Labute approximate surface area is 142 Å². The lowest BCUT2D eigenvalue weighted by atomic mass is 10.2. The number of hydrogen-bond donors (Lipinski definition) is 0. The molecular weight excluding hydrogens is 308 g/mol. The Morgan fingerprint density at radius 3 is 2.61 bits per heavy atom. The van der Waals surface area contributed by atoms with Crippen LogP contribution in [0.4, 0.5) is 0 Å². The molecule has 1 aliphatic rings. The molecular formula is C18H24N2O2S. The van der Waals surface area contributed by atoms with Crippen molar-refractivity contribution < 1.29 is 9.47 Å². The van der Waals surface area contributed by atoms with Gasteiger partial charge in [-0.25, -0.2) is 4.98 Å². The van der Waals surface area contributed by atoms with Crippen molar-refractivity contribution in [1.29, 1.82) is 0 Å². The summed E-state index contributed by atoms with van der Waals surface area (Å²) in [6, 6.07) is 8.12. The van der Waals surface area contributed by atoms with Crippen LogP contribution in [0.5, 0.6) is 5.75 Å². The highest BCUT2D eigenvalue weighted by Gasteiger charge is 2.22. The van der Waals surface area contributed by atoms with Crippen LogP contribution >= 0.6 is 11.3 Å². The van der Waals surface area contributed by atoms with Gasteiger partial charge in [-0.15, -0.1) is 11.3 Å². The molecule has 23 heavy (non-hydrogen) atoms. The molecule has 0 saturated carbocycles. The summed E-state index contributed by atoms with van der Waals surface area (Å²) in [5.74, 6) is 0.892. The molecule has 124 valence electrons. The maximum Gasteiger partial charge on any atom is 0.140 e. The predicted octanol–water partition coefficient (Wildman–Crippen LogP) is 3.64. The fourth-order valence-electron chi connectivity index (χ4n) is 2.91. The fourth-order valence-corrected chi connectivity index (χ4v) is 3.61. The molecule has 1 saturated heterocycles. The number of nitrogens with zero attached hydrogens (tertiary/aromatic N) is 2. The number of rotatable bonds is 5. The van der Waals surface area contributed by atoms with E-state index >= 15 is 0 Å². The monoisotopic (exact) mass is 332 g/mol. The van der Waals surface area contributed by atoms with Crippen LogP contribution < -0.4 is 4.74 Å². The van der Waals surface area contributed by atoms with Crippen molar-refractivity contribution in [3.63, 3.8) is 0 Å². The lowest BCUT2D eigenvalue weighted by Gasteiger charge is -2.34. The van der Waals surface area contributed by atoms with Crippen molar-refractivity contribution in [2.75, 3.05) is 13.1 Å². The van der Waals surface area contributed by atoms with Crippen molar-refractivity contribution >= 4 is 11.3 Å². The van der Waals surface area contributed by atoms with Gasteiger partial charge in [0.05, 0.1) is 17.9 Å². The molecule has 0 bridgehead atoms. The van der Waals surface area contributed by atoms with Crippen LogP contribution in [0.3, 0.4) is 0 Å². The minimum atomic E-state index is 0.293. The zero-order chi connectivity index (χ0) is 16.2. The number of morpholine rings is 1. The van der Waals surface area contributed by atoms with Gasteiger partial charge in [0.2, 0.25) is 0 Å². The normalized spacial score (nSPS) is 22.2. The van der Waals surface area contributed by atoms with Crippen LogP contribution in [0.1, 0.15) is 30.1 Å². The van der Waals surface area contributed by atoms with Gasteiger partial charge in [0, 0.05) is 25.0 Å². The molecule has 0 amide bonds. The standard InChI is InChI=1S/C18H24N2O2S/c1-13-4-6-17(7-5-13)21-11-18-19-16(12-23-18)10-20-8-14(2)22-15(3)9-20/h4-7,12,14-15H,8-11H2,1-3H3. The van der Waals surface area contributed by atoms with E-state index < -0.39 is 0 Å². The third kappa shape index (κ3) is 4.77. The van der Waals surface area contributed by atoms with Crippen LogP contribution in [0, 0.1) is 6.92 Å². The molecule has 1 aromatic heterocycles. The number of aromatic nitrogens is 1. The average molecular weight is 332 g/mol. The van der Waals surface area contributed by atoms with Crippen molar-refractivity contribution in [2.45, 2.75) is 46.1 Å². The summed E-state index contributed by atoms with van der Waals surface area (Å²) in [5, 5.41) is 3.16. The number of aryl methyl sites for hydroxylation is 1. The second-order valence-electron chi connectivity index (χ2n) is 6.29. The Hall–Kier alpha value is -1.43. The van der Waals surface area contributed by atoms with Gasteiger partial charge in [0.15, 0.2) is 0 Å². The molecule has 2 heterocycles. The van der Waals surface area contributed by atoms with Crippen molar-refractivity contribution in [1.82, 2.24) is 9.88 Å². The van der Waals surface area contributed by atoms with Crippen molar-refractivity contribution in [3.8, 4) is 5.75 Å². The van der Waals surface area contributed by atoms with E-state index in [-0.39, 0.29) is 0 Å². The molecule has 1 fully saturated rings. The first-order valence-electron chi connectivity index (χ1n) is 8.09. The predicted molar refractivity (Wildman–Crippen MR) is 92.9 cm³/mol. The number of ether oxygens (including phenoxy) is 2. The summed E-state index contributed by atoms with van der Waals surface area (Å²) in [7, 11) is 0. The molecule has 2 atom stereocenters. The first-order valence-corrected chi connectivity index (χ1v) is 8.97. The minimum absolute atomic E-state index is 0.293. The van der Waals surface area contributed by atoms with Gasteiger partial charge in [-0.1, -0.05) is 17.7 Å². The van der Waals surface area contributed by atoms with E-state index in [4.69, 9.17) is 14.5 Å². The second-order valence-corrected chi connectivity index (χ2v) is 7.23. The van der Waals surface area contributed by atoms with Gasteiger partial charge in [-0.2, -0.15) is 0 Å². The minimum Gasteiger partial charge on any atom is -0.486 e. The number of benzene rings is 1. The molecule has 0 aliphatic carbocycles. The first kappa shape index (κ1) is 16.4. The zero-order valence-electron chi connectivity index (χ0n) is 14.0. The van der Waals surface area contributed by atoms with E-state index in [0.29, 0.717) is 18.8 Å². The summed E-state index contributed by atoms with van der Waals surface area (Å²) in [6.45, 7) is 9.69. The quantitative estimate of drug-likeness (QED) is 0.837. The van der Waals surface area contributed by atoms with Crippen molar-refractivity contribution in [3.05, 3.63) is 45.9 Å². The average Bonchev–Trinajstić information content (AvgIpc) is 2.93. The third-order valence-electron chi connectivity index (χ3n) is 3.86. The molecule has 5 heteroatoms. The number of thiazole rings is 1. The molecule has 4 nitrogen and oxygen atoms in total.